The normalized spacial score (nSPS) is 15.1. The minimum Gasteiger partial charge on any atom is -0.322 e. The van der Waals surface area contributed by atoms with Crippen molar-refractivity contribution in [2.24, 2.45) is 5.73 Å². The Morgan fingerprint density at radius 3 is 2.57 bits per heavy atom. The van der Waals surface area contributed by atoms with E-state index in [1.54, 1.807) is 0 Å². The molecule has 0 fully saturated rings. The van der Waals surface area contributed by atoms with Crippen LogP contribution in [0.3, 0.4) is 0 Å². The maximum absolute atomic E-state index is 12.2. The van der Waals surface area contributed by atoms with Crippen LogP contribution in [0, 0.1) is 0 Å². The quantitative estimate of drug-likeness (QED) is 0.936. The van der Waals surface area contributed by atoms with Crippen molar-refractivity contribution < 1.29 is 4.79 Å². The summed E-state index contributed by atoms with van der Waals surface area (Å²) in [6.45, 7) is 2.66. The molecular weight excluding hydrogens is 260 g/mol. The Morgan fingerprint density at radius 1 is 1.14 bits per heavy atom. The molecule has 0 aromatic heterocycles. The summed E-state index contributed by atoms with van der Waals surface area (Å²) in [5.74, 6) is 0.136. The van der Waals surface area contributed by atoms with Crippen molar-refractivity contribution >= 4 is 11.6 Å². The van der Waals surface area contributed by atoms with Crippen LogP contribution in [0.1, 0.15) is 29.7 Å². The maximum atomic E-state index is 12.2. The van der Waals surface area contributed by atoms with Crippen molar-refractivity contribution in [1.82, 2.24) is 0 Å². The highest BCUT2D eigenvalue weighted by atomic mass is 16.2. The molecule has 3 heteroatoms. The fourth-order valence-corrected chi connectivity index (χ4v) is 2.82. The molecule has 1 heterocycles. The van der Waals surface area contributed by atoms with Crippen LogP contribution in [0.2, 0.25) is 0 Å². The number of nitrogens with two attached hydrogens (primary N) is 1. The number of hydrogen-bond acceptors (Lipinski definition) is 2. The van der Waals surface area contributed by atoms with E-state index in [9.17, 15) is 4.79 Å². The minimum absolute atomic E-state index is 0.136. The molecule has 1 aliphatic rings. The summed E-state index contributed by atoms with van der Waals surface area (Å²) in [5.41, 5.74) is 10.8. The molecule has 1 aliphatic heterocycles. The largest absolute Gasteiger partial charge is 0.322 e. The summed E-state index contributed by atoms with van der Waals surface area (Å²) < 4.78 is 0. The van der Waals surface area contributed by atoms with Gasteiger partial charge in [0.1, 0.15) is 0 Å². The Morgan fingerprint density at radius 2 is 1.86 bits per heavy atom. The summed E-state index contributed by atoms with van der Waals surface area (Å²) in [5, 5.41) is 0. The van der Waals surface area contributed by atoms with Crippen molar-refractivity contribution in [3.8, 4) is 0 Å². The van der Waals surface area contributed by atoms with Crippen LogP contribution < -0.4 is 10.6 Å². The zero-order valence-corrected chi connectivity index (χ0v) is 12.3. The molecule has 3 rings (SSSR count). The van der Waals surface area contributed by atoms with E-state index in [-0.39, 0.29) is 11.9 Å². The zero-order chi connectivity index (χ0) is 14.8. The zero-order valence-electron chi connectivity index (χ0n) is 12.3. The lowest BCUT2D eigenvalue weighted by atomic mass is 10.0. The number of hydrogen-bond donors (Lipinski definition) is 1. The molecule has 2 N–H and O–H groups in total. The number of nitrogens with zero attached hydrogens (tertiary/aromatic N) is 1. The van der Waals surface area contributed by atoms with Gasteiger partial charge in [-0.3, -0.25) is 4.79 Å². The van der Waals surface area contributed by atoms with E-state index in [4.69, 9.17) is 5.73 Å². The fourth-order valence-electron chi connectivity index (χ4n) is 2.82. The highest BCUT2D eigenvalue weighted by Gasteiger charge is 2.28. The van der Waals surface area contributed by atoms with E-state index < -0.39 is 0 Å². The van der Waals surface area contributed by atoms with Gasteiger partial charge in [0.25, 0.3) is 0 Å². The van der Waals surface area contributed by atoms with E-state index >= 15 is 0 Å². The predicted molar refractivity (Wildman–Crippen MR) is 85.2 cm³/mol. The van der Waals surface area contributed by atoms with Gasteiger partial charge < -0.3 is 10.6 Å². The predicted octanol–water partition coefficient (Wildman–Crippen LogP) is 2.84. The van der Waals surface area contributed by atoms with Gasteiger partial charge >= 0.3 is 0 Å². The molecule has 0 saturated carbocycles. The van der Waals surface area contributed by atoms with Gasteiger partial charge in [0.15, 0.2) is 0 Å². The molecule has 1 amide bonds. The fraction of sp³-hybridized carbons (Fsp3) is 0.278. The van der Waals surface area contributed by atoms with Gasteiger partial charge in [-0.15, -0.1) is 0 Å². The second kappa shape index (κ2) is 5.70. The standard InChI is InChI=1S/C18H20N2O/c1-2-13-7-9-14(10-8-13)16(19)12-20-17-6-4-3-5-15(17)11-18(20)21/h3-10,16H,2,11-12,19H2,1H3. The molecule has 108 valence electrons. The number of benzene rings is 2. The summed E-state index contributed by atoms with van der Waals surface area (Å²) in [4.78, 5) is 14.0. The number of fused-ring (bicyclic) bond motifs is 1. The van der Waals surface area contributed by atoms with Crippen LogP contribution >= 0.6 is 0 Å². The monoisotopic (exact) mass is 280 g/mol. The van der Waals surface area contributed by atoms with E-state index in [0.29, 0.717) is 13.0 Å². The van der Waals surface area contributed by atoms with Gasteiger partial charge in [0.05, 0.1) is 6.42 Å². The first-order valence-electron chi connectivity index (χ1n) is 7.41. The van der Waals surface area contributed by atoms with Crippen molar-refractivity contribution in [2.75, 3.05) is 11.4 Å². The molecule has 0 bridgehead atoms. The first-order chi connectivity index (χ1) is 10.2. The summed E-state index contributed by atoms with van der Waals surface area (Å²) in [6.07, 6.45) is 1.51. The highest BCUT2D eigenvalue weighted by Crippen LogP contribution is 2.29. The molecule has 0 radical (unpaired) electrons. The third-order valence-electron chi connectivity index (χ3n) is 4.12. The van der Waals surface area contributed by atoms with E-state index in [1.807, 2.05) is 29.2 Å². The molecule has 0 spiro atoms. The molecule has 21 heavy (non-hydrogen) atoms. The van der Waals surface area contributed by atoms with Gasteiger partial charge in [-0.05, 0) is 29.2 Å². The number of rotatable bonds is 4. The summed E-state index contributed by atoms with van der Waals surface area (Å²) in [6, 6.07) is 16.1. The number of carbonyl (C=O) groups excluding carboxylic acids is 1. The maximum Gasteiger partial charge on any atom is 0.231 e. The van der Waals surface area contributed by atoms with Gasteiger partial charge in [0.2, 0.25) is 5.91 Å². The molecule has 2 aromatic rings. The number of anilines is 1. The van der Waals surface area contributed by atoms with Crippen LogP contribution in [0.5, 0.6) is 0 Å². The summed E-state index contributed by atoms with van der Waals surface area (Å²) >= 11 is 0. The van der Waals surface area contributed by atoms with E-state index in [0.717, 1.165) is 23.2 Å². The molecule has 1 unspecified atom stereocenters. The van der Waals surface area contributed by atoms with E-state index in [2.05, 4.69) is 31.2 Å². The van der Waals surface area contributed by atoms with Crippen molar-refractivity contribution in [2.45, 2.75) is 25.8 Å². The Hall–Kier alpha value is -2.13. The third-order valence-corrected chi connectivity index (χ3v) is 4.12. The van der Waals surface area contributed by atoms with Gasteiger partial charge in [-0.1, -0.05) is 49.4 Å². The number of para-hydroxylation sites is 1. The molecular formula is C18H20N2O. The van der Waals surface area contributed by atoms with Crippen molar-refractivity contribution in [3.63, 3.8) is 0 Å². The first kappa shape index (κ1) is 13.8. The Labute approximate surface area is 125 Å². The third kappa shape index (κ3) is 2.69. The number of amides is 1. The molecule has 0 saturated heterocycles. The molecule has 3 nitrogen and oxygen atoms in total. The first-order valence-corrected chi connectivity index (χ1v) is 7.41. The molecule has 1 atom stereocenters. The van der Waals surface area contributed by atoms with Crippen molar-refractivity contribution in [1.29, 1.82) is 0 Å². The highest BCUT2D eigenvalue weighted by molar-refractivity contribution is 6.01. The van der Waals surface area contributed by atoms with Gasteiger partial charge in [-0.2, -0.15) is 0 Å². The average molecular weight is 280 g/mol. The van der Waals surface area contributed by atoms with Crippen LogP contribution in [0.15, 0.2) is 48.5 Å². The average Bonchev–Trinajstić information content (AvgIpc) is 2.83. The Balaban J connectivity index is 1.78. The lowest BCUT2D eigenvalue weighted by molar-refractivity contribution is -0.117. The van der Waals surface area contributed by atoms with Crippen molar-refractivity contribution in [3.05, 3.63) is 65.2 Å². The smallest absolute Gasteiger partial charge is 0.231 e. The Bertz CT molecular complexity index is 649. The van der Waals surface area contributed by atoms with Gasteiger partial charge in [-0.25, -0.2) is 0 Å². The lowest BCUT2D eigenvalue weighted by Crippen LogP contribution is -2.34. The van der Waals surface area contributed by atoms with Crippen LogP contribution in [0.25, 0.3) is 0 Å². The van der Waals surface area contributed by atoms with Crippen LogP contribution in [-0.2, 0) is 17.6 Å². The molecule has 0 aliphatic carbocycles. The SMILES string of the molecule is CCc1ccc(C(N)CN2C(=O)Cc3ccccc32)cc1. The molecule has 2 aromatic carbocycles. The van der Waals surface area contributed by atoms with Gasteiger partial charge in [0, 0.05) is 18.3 Å². The van der Waals surface area contributed by atoms with Crippen LogP contribution in [-0.4, -0.2) is 12.5 Å². The second-order valence-corrected chi connectivity index (χ2v) is 5.51. The summed E-state index contributed by atoms with van der Waals surface area (Å²) in [7, 11) is 0. The van der Waals surface area contributed by atoms with E-state index in [1.165, 1.54) is 5.56 Å². The minimum atomic E-state index is -0.161. The topological polar surface area (TPSA) is 46.3 Å². The Kier molecular flexibility index (Phi) is 3.76. The van der Waals surface area contributed by atoms with Crippen LogP contribution in [0.4, 0.5) is 5.69 Å². The second-order valence-electron chi connectivity index (χ2n) is 5.51. The number of carbonyl (C=O) groups is 1. The lowest BCUT2D eigenvalue weighted by Gasteiger charge is -2.22. The number of aryl methyl sites for hydroxylation is 1.